The van der Waals surface area contributed by atoms with E-state index in [2.05, 4.69) is 17.2 Å². The Morgan fingerprint density at radius 3 is 2.33 bits per heavy atom. The first kappa shape index (κ1) is 21.2. The molecule has 0 fully saturated rings. The number of amides is 1. The Morgan fingerprint density at radius 2 is 1.59 bits per heavy atom. The summed E-state index contributed by atoms with van der Waals surface area (Å²) < 4.78 is 5.66. The molecule has 1 N–H and O–H groups in total. The van der Waals surface area contributed by atoms with E-state index in [-0.39, 0.29) is 12.5 Å². The normalized spacial score (nSPS) is 10.9. The van der Waals surface area contributed by atoms with Crippen LogP contribution in [0.25, 0.3) is 10.9 Å². The van der Waals surface area contributed by atoms with Gasteiger partial charge >= 0.3 is 0 Å². The van der Waals surface area contributed by atoms with Crippen molar-refractivity contribution in [3.63, 3.8) is 0 Å². The van der Waals surface area contributed by atoms with Crippen molar-refractivity contribution in [2.75, 3.05) is 13.2 Å². The lowest BCUT2D eigenvalue weighted by atomic mass is 10.1. The van der Waals surface area contributed by atoms with E-state index in [0.717, 1.165) is 23.9 Å². The molecule has 148 valence electrons. The molecular weight excluding hydrogens is 336 g/mol. The summed E-state index contributed by atoms with van der Waals surface area (Å²) in [4.78, 5) is 16.3. The maximum atomic E-state index is 12.0. The zero-order valence-corrected chi connectivity index (χ0v) is 16.7. The van der Waals surface area contributed by atoms with Crippen LogP contribution in [0.3, 0.4) is 0 Å². The van der Waals surface area contributed by atoms with Crippen molar-refractivity contribution >= 4 is 16.8 Å². The largest absolute Gasteiger partial charge is 0.481 e. The van der Waals surface area contributed by atoms with Gasteiger partial charge in [0.15, 0.2) is 6.61 Å². The van der Waals surface area contributed by atoms with E-state index in [4.69, 9.17) is 4.74 Å². The van der Waals surface area contributed by atoms with Crippen molar-refractivity contribution in [1.29, 1.82) is 0 Å². The summed E-state index contributed by atoms with van der Waals surface area (Å²) in [6, 6.07) is 9.64. The Kier molecular flexibility index (Phi) is 10.3. The summed E-state index contributed by atoms with van der Waals surface area (Å²) in [5, 5.41) is 3.96. The summed E-state index contributed by atoms with van der Waals surface area (Å²) in [6.45, 7) is 3.02. The average molecular weight is 371 g/mol. The highest BCUT2D eigenvalue weighted by molar-refractivity contribution is 5.85. The molecule has 2 rings (SSSR count). The molecule has 0 unspecified atom stereocenters. The van der Waals surface area contributed by atoms with Gasteiger partial charge in [0.2, 0.25) is 0 Å². The van der Waals surface area contributed by atoms with Gasteiger partial charge in [-0.3, -0.25) is 9.78 Å². The molecule has 0 atom stereocenters. The van der Waals surface area contributed by atoms with Gasteiger partial charge in [0.25, 0.3) is 5.91 Å². The van der Waals surface area contributed by atoms with Crippen LogP contribution in [0.2, 0.25) is 0 Å². The molecule has 0 aliphatic heterocycles. The highest BCUT2D eigenvalue weighted by atomic mass is 16.5. The number of para-hydroxylation sites is 1. The van der Waals surface area contributed by atoms with Crippen LogP contribution in [0.1, 0.15) is 71.1 Å². The van der Waals surface area contributed by atoms with Gasteiger partial charge < -0.3 is 10.1 Å². The fourth-order valence-corrected chi connectivity index (χ4v) is 3.23. The SMILES string of the molecule is CCCCCCCCCCCCNC(=O)COc1cccc2cccnc12. The van der Waals surface area contributed by atoms with Crippen LogP contribution in [0.4, 0.5) is 0 Å². The molecule has 0 aliphatic rings. The number of unbranched alkanes of at least 4 members (excludes halogenated alkanes) is 9. The van der Waals surface area contributed by atoms with Gasteiger partial charge in [0.05, 0.1) is 0 Å². The van der Waals surface area contributed by atoms with Crippen molar-refractivity contribution in [2.24, 2.45) is 0 Å². The van der Waals surface area contributed by atoms with Gasteiger partial charge in [-0.1, -0.05) is 82.9 Å². The molecule has 2 aromatic rings. The van der Waals surface area contributed by atoms with Crippen LogP contribution in [0.5, 0.6) is 5.75 Å². The number of hydrogen-bond acceptors (Lipinski definition) is 3. The second-order valence-electron chi connectivity index (χ2n) is 7.15. The molecule has 4 nitrogen and oxygen atoms in total. The lowest BCUT2D eigenvalue weighted by molar-refractivity contribution is -0.123. The number of nitrogens with zero attached hydrogens (tertiary/aromatic N) is 1. The molecule has 1 heterocycles. The van der Waals surface area contributed by atoms with E-state index in [1.54, 1.807) is 6.20 Å². The number of pyridine rings is 1. The number of nitrogens with one attached hydrogen (secondary N) is 1. The van der Waals surface area contributed by atoms with Crippen LogP contribution >= 0.6 is 0 Å². The lowest BCUT2D eigenvalue weighted by Crippen LogP contribution is -2.29. The predicted molar refractivity (Wildman–Crippen MR) is 112 cm³/mol. The average Bonchev–Trinajstić information content (AvgIpc) is 2.70. The van der Waals surface area contributed by atoms with Crippen molar-refractivity contribution < 1.29 is 9.53 Å². The first-order valence-electron chi connectivity index (χ1n) is 10.5. The quantitative estimate of drug-likeness (QED) is 0.437. The number of benzene rings is 1. The van der Waals surface area contributed by atoms with Gasteiger partial charge in [0.1, 0.15) is 11.3 Å². The number of ether oxygens (including phenoxy) is 1. The topological polar surface area (TPSA) is 51.2 Å². The van der Waals surface area contributed by atoms with Crippen LogP contribution in [-0.2, 0) is 4.79 Å². The fourth-order valence-electron chi connectivity index (χ4n) is 3.23. The maximum Gasteiger partial charge on any atom is 0.257 e. The fraction of sp³-hybridized carbons (Fsp3) is 0.565. The maximum absolute atomic E-state index is 12.0. The minimum absolute atomic E-state index is 0.0352. The first-order chi connectivity index (χ1) is 13.3. The number of fused-ring (bicyclic) bond motifs is 1. The highest BCUT2D eigenvalue weighted by Gasteiger charge is 2.06. The summed E-state index contributed by atoms with van der Waals surface area (Å²) in [5.41, 5.74) is 0.794. The minimum Gasteiger partial charge on any atom is -0.481 e. The summed E-state index contributed by atoms with van der Waals surface area (Å²) in [7, 11) is 0. The highest BCUT2D eigenvalue weighted by Crippen LogP contribution is 2.22. The van der Waals surface area contributed by atoms with Gasteiger partial charge in [-0.2, -0.15) is 0 Å². The van der Waals surface area contributed by atoms with Crippen LogP contribution < -0.4 is 10.1 Å². The van der Waals surface area contributed by atoms with E-state index in [9.17, 15) is 4.79 Å². The summed E-state index contributed by atoms with van der Waals surface area (Å²) in [6.07, 6.45) is 14.7. The van der Waals surface area contributed by atoms with Crippen LogP contribution in [0, 0.1) is 0 Å². The number of aromatic nitrogens is 1. The molecule has 0 spiro atoms. The smallest absolute Gasteiger partial charge is 0.257 e. The zero-order valence-electron chi connectivity index (χ0n) is 16.7. The second-order valence-corrected chi connectivity index (χ2v) is 7.15. The lowest BCUT2D eigenvalue weighted by Gasteiger charge is -2.09. The summed E-state index contributed by atoms with van der Waals surface area (Å²) in [5.74, 6) is 0.584. The van der Waals surface area contributed by atoms with E-state index in [1.165, 1.54) is 57.8 Å². The molecule has 0 bridgehead atoms. The Hall–Kier alpha value is -2.10. The zero-order chi connectivity index (χ0) is 19.2. The third kappa shape index (κ3) is 8.42. The van der Waals surface area contributed by atoms with Gasteiger partial charge in [-0.25, -0.2) is 0 Å². The molecular formula is C23H34N2O2. The van der Waals surface area contributed by atoms with Gasteiger partial charge in [-0.15, -0.1) is 0 Å². The third-order valence-electron chi connectivity index (χ3n) is 4.81. The van der Waals surface area contributed by atoms with E-state index >= 15 is 0 Å². The number of rotatable bonds is 14. The number of carbonyl (C=O) groups excluding carboxylic acids is 1. The van der Waals surface area contributed by atoms with Gasteiger partial charge in [0, 0.05) is 18.1 Å². The third-order valence-corrected chi connectivity index (χ3v) is 4.81. The number of hydrogen-bond donors (Lipinski definition) is 1. The van der Waals surface area contributed by atoms with Crippen molar-refractivity contribution in [3.05, 3.63) is 36.5 Å². The van der Waals surface area contributed by atoms with E-state index in [1.807, 2.05) is 30.3 Å². The van der Waals surface area contributed by atoms with E-state index in [0.29, 0.717) is 5.75 Å². The Labute approximate surface area is 163 Å². The molecule has 27 heavy (non-hydrogen) atoms. The molecule has 0 saturated carbocycles. The van der Waals surface area contributed by atoms with Crippen LogP contribution in [-0.4, -0.2) is 24.0 Å². The standard InChI is InChI=1S/C23H34N2O2/c1-2-3-4-5-6-7-8-9-10-11-17-24-22(26)19-27-21-16-12-14-20-15-13-18-25-23(20)21/h12-16,18H,2-11,17,19H2,1H3,(H,24,26). The second kappa shape index (κ2) is 13.1. The van der Waals surface area contributed by atoms with Crippen molar-refractivity contribution in [2.45, 2.75) is 71.1 Å². The molecule has 4 heteroatoms. The minimum atomic E-state index is -0.0705. The molecule has 0 saturated heterocycles. The predicted octanol–water partition coefficient (Wildman–Crippen LogP) is 5.65. The first-order valence-corrected chi connectivity index (χ1v) is 10.5. The van der Waals surface area contributed by atoms with Crippen molar-refractivity contribution in [1.82, 2.24) is 10.3 Å². The summed E-state index contributed by atoms with van der Waals surface area (Å²) >= 11 is 0. The number of carbonyl (C=O) groups is 1. The molecule has 1 aromatic carbocycles. The van der Waals surface area contributed by atoms with Crippen LogP contribution in [0.15, 0.2) is 36.5 Å². The molecule has 0 aliphatic carbocycles. The van der Waals surface area contributed by atoms with E-state index < -0.39 is 0 Å². The molecule has 0 radical (unpaired) electrons. The Balaban J connectivity index is 1.50. The molecule has 1 amide bonds. The van der Waals surface area contributed by atoms with Gasteiger partial charge in [-0.05, 0) is 18.6 Å². The molecule has 1 aromatic heterocycles. The van der Waals surface area contributed by atoms with Crippen molar-refractivity contribution in [3.8, 4) is 5.75 Å². The Bertz CT molecular complexity index is 667. The monoisotopic (exact) mass is 370 g/mol. The Morgan fingerprint density at radius 1 is 0.926 bits per heavy atom.